The van der Waals surface area contributed by atoms with Crippen molar-refractivity contribution in [2.45, 2.75) is 51.0 Å². The molecule has 2 aromatic heterocycles. The molecule has 4 rings (SSSR count). The molecular weight excluding hydrogens is 282 g/mol. The molecule has 1 saturated carbocycles. The molecule has 1 saturated heterocycles. The molecule has 21 heavy (non-hydrogen) atoms. The number of likely N-dealkylation sites (tertiary alicyclic amines) is 1. The van der Waals surface area contributed by atoms with E-state index in [2.05, 4.69) is 34.1 Å². The van der Waals surface area contributed by atoms with Crippen molar-refractivity contribution in [3.63, 3.8) is 0 Å². The summed E-state index contributed by atoms with van der Waals surface area (Å²) in [6.07, 6.45) is 5.92. The molecule has 0 amide bonds. The van der Waals surface area contributed by atoms with E-state index in [4.69, 9.17) is 4.52 Å². The van der Waals surface area contributed by atoms with Gasteiger partial charge in [-0.05, 0) is 57.8 Å². The Hall–Kier alpha value is -1.20. The fraction of sp³-hybridized carbons (Fsp3) is 0.625. The van der Waals surface area contributed by atoms with Crippen LogP contribution in [0.5, 0.6) is 0 Å². The molecule has 4 nitrogen and oxygen atoms in total. The first-order valence-electron chi connectivity index (χ1n) is 7.90. The molecule has 0 radical (unpaired) electrons. The molecular formula is C16H21N3OS. The maximum absolute atomic E-state index is 5.52. The lowest BCUT2D eigenvalue weighted by Crippen LogP contribution is -2.34. The molecule has 1 aliphatic heterocycles. The van der Waals surface area contributed by atoms with E-state index in [-0.39, 0.29) is 0 Å². The Labute approximate surface area is 129 Å². The monoisotopic (exact) mass is 303 g/mol. The van der Waals surface area contributed by atoms with Gasteiger partial charge in [0, 0.05) is 28.1 Å². The van der Waals surface area contributed by atoms with E-state index in [1.165, 1.54) is 35.7 Å². The summed E-state index contributed by atoms with van der Waals surface area (Å²) in [5, 5.41) is 4.17. The lowest BCUT2D eigenvalue weighted by atomic mass is 9.96. The van der Waals surface area contributed by atoms with Crippen LogP contribution >= 0.6 is 11.3 Å². The van der Waals surface area contributed by atoms with Gasteiger partial charge in [-0.15, -0.1) is 11.3 Å². The fourth-order valence-electron chi connectivity index (χ4n) is 3.19. The summed E-state index contributed by atoms with van der Waals surface area (Å²) in [6, 6.07) is 5.19. The number of thiophene rings is 1. The summed E-state index contributed by atoms with van der Waals surface area (Å²) in [5.74, 6) is 2.15. The Bertz CT molecular complexity index is 609. The molecule has 0 spiro atoms. The molecule has 2 aromatic rings. The van der Waals surface area contributed by atoms with E-state index in [1.807, 2.05) is 11.3 Å². The normalized spacial score (nSPS) is 21.0. The van der Waals surface area contributed by atoms with Gasteiger partial charge in [-0.2, -0.15) is 4.98 Å². The highest BCUT2D eigenvalue weighted by Gasteiger charge is 2.33. The number of aryl methyl sites for hydroxylation is 1. The van der Waals surface area contributed by atoms with Gasteiger partial charge in [0.15, 0.2) is 5.82 Å². The van der Waals surface area contributed by atoms with Crippen molar-refractivity contribution < 1.29 is 4.52 Å². The van der Waals surface area contributed by atoms with Crippen LogP contribution in [-0.4, -0.2) is 34.2 Å². The second kappa shape index (κ2) is 5.54. The number of rotatable bonds is 4. The third-order valence-electron chi connectivity index (χ3n) is 4.55. The fourth-order valence-corrected chi connectivity index (χ4v) is 4.08. The van der Waals surface area contributed by atoms with Crippen molar-refractivity contribution in [2.75, 3.05) is 13.1 Å². The SMILES string of the molecule is Cc1ccc(Cc2noc(C3CCN(C4CC4)CC3)n2)s1. The van der Waals surface area contributed by atoms with Gasteiger partial charge in [0.2, 0.25) is 5.89 Å². The summed E-state index contributed by atoms with van der Waals surface area (Å²) in [7, 11) is 0. The lowest BCUT2D eigenvalue weighted by Gasteiger charge is -2.30. The molecule has 0 unspecified atom stereocenters. The molecule has 0 atom stereocenters. The highest BCUT2D eigenvalue weighted by Crippen LogP contribution is 2.34. The standard InChI is InChI=1S/C16H21N3OS/c1-11-2-5-14(21-11)10-15-17-16(20-18-15)12-6-8-19(9-7-12)13-3-4-13/h2,5,12-13H,3-4,6-10H2,1H3. The zero-order valence-corrected chi connectivity index (χ0v) is 13.2. The molecule has 0 aromatic carbocycles. The van der Waals surface area contributed by atoms with Crippen LogP contribution in [0.4, 0.5) is 0 Å². The van der Waals surface area contributed by atoms with Crippen molar-refractivity contribution in [2.24, 2.45) is 0 Å². The second-order valence-corrected chi connectivity index (χ2v) is 7.65. The third-order valence-corrected chi connectivity index (χ3v) is 5.55. The zero-order valence-electron chi connectivity index (χ0n) is 12.4. The van der Waals surface area contributed by atoms with Gasteiger partial charge in [-0.1, -0.05) is 5.16 Å². The number of nitrogens with zero attached hydrogens (tertiary/aromatic N) is 3. The van der Waals surface area contributed by atoms with Gasteiger partial charge in [-0.25, -0.2) is 0 Å². The number of hydrogen-bond acceptors (Lipinski definition) is 5. The molecule has 5 heteroatoms. The molecule has 112 valence electrons. The first-order chi connectivity index (χ1) is 10.3. The highest BCUT2D eigenvalue weighted by molar-refractivity contribution is 7.11. The minimum atomic E-state index is 0.464. The van der Waals surface area contributed by atoms with Gasteiger partial charge < -0.3 is 9.42 Å². The maximum atomic E-state index is 5.52. The van der Waals surface area contributed by atoms with Crippen molar-refractivity contribution in [1.29, 1.82) is 0 Å². The van der Waals surface area contributed by atoms with Gasteiger partial charge in [-0.3, -0.25) is 0 Å². The molecule has 0 N–H and O–H groups in total. The quantitative estimate of drug-likeness (QED) is 0.868. The van der Waals surface area contributed by atoms with E-state index < -0.39 is 0 Å². The molecule has 2 aliphatic rings. The van der Waals surface area contributed by atoms with Crippen molar-refractivity contribution in [3.8, 4) is 0 Å². The predicted molar refractivity (Wildman–Crippen MR) is 82.7 cm³/mol. The number of piperidine rings is 1. The van der Waals surface area contributed by atoms with Crippen LogP contribution in [0.1, 0.15) is 53.1 Å². The highest BCUT2D eigenvalue weighted by atomic mass is 32.1. The van der Waals surface area contributed by atoms with Crippen LogP contribution in [0.3, 0.4) is 0 Å². The molecule has 2 fully saturated rings. The van der Waals surface area contributed by atoms with E-state index in [1.54, 1.807) is 0 Å². The first kappa shape index (κ1) is 13.5. The summed E-state index contributed by atoms with van der Waals surface area (Å²) in [5.41, 5.74) is 0. The minimum Gasteiger partial charge on any atom is -0.339 e. The smallest absolute Gasteiger partial charge is 0.229 e. The summed E-state index contributed by atoms with van der Waals surface area (Å²) in [4.78, 5) is 9.90. The van der Waals surface area contributed by atoms with E-state index in [0.717, 1.165) is 37.0 Å². The summed E-state index contributed by atoms with van der Waals surface area (Å²) >= 11 is 1.81. The topological polar surface area (TPSA) is 42.2 Å². The Morgan fingerprint density at radius 1 is 1.24 bits per heavy atom. The van der Waals surface area contributed by atoms with Crippen LogP contribution in [0, 0.1) is 6.92 Å². The Morgan fingerprint density at radius 2 is 2.05 bits per heavy atom. The van der Waals surface area contributed by atoms with Gasteiger partial charge in [0.05, 0.1) is 0 Å². The maximum Gasteiger partial charge on any atom is 0.229 e. The van der Waals surface area contributed by atoms with Gasteiger partial charge in [0.25, 0.3) is 0 Å². The average molecular weight is 303 g/mol. The first-order valence-corrected chi connectivity index (χ1v) is 8.71. The summed E-state index contributed by atoms with van der Waals surface area (Å²) in [6.45, 7) is 4.51. The van der Waals surface area contributed by atoms with Crippen molar-refractivity contribution in [1.82, 2.24) is 15.0 Å². The van der Waals surface area contributed by atoms with Crippen molar-refractivity contribution in [3.05, 3.63) is 33.6 Å². The van der Waals surface area contributed by atoms with Crippen LogP contribution in [0.2, 0.25) is 0 Å². The van der Waals surface area contributed by atoms with Crippen molar-refractivity contribution >= 4 is 11.3 Å². The molecule has 3 heterocycles. The van der Waals surface area contributed by atoms with Gasteiger partial charge >= 0.3 is 0 Å². The summed E-state index contributed by atoms with van der Waals surface area (Å²) < 4.78 is 5.52. The third kappa shape index (κ3) is 3.04. The van der Waals surface area contributed by atoms with Gasteiger partial charge in [0.1, 0.15) is 0 Å². The largest absolute Gasteiger partial charge is 0.339 e. The van der Waals surface area contributed by atoms with E-state index in [0.29, 0.717) is 5.92 Å². The molecule has 1 aliphatic carbocycles. The molecule has 0 bridgehead atoms. The van der Waals surface area contributed by atoms with Crippen LogP contribution in [0.25, 0.3) is 0 Å². The minimum absolute atomic E-state index is 0.464. The Morgan fingerprint density at radius 3 is 2.71 bits per heavy atom. The number of aromatic nitrogens is 2. The lowest BCUT2D eigenvalue weighted by molar-refractivity contribution is 0.186. The van der Waals surface area contributed by atoms with E-state index in [9.17, 15) is 0 Å². The van der Waals surface area contributed by atoms with Crippen LogP contribution in [-0.2, 0) is 6.42 Å². The van der Waals surface area contributed by atoms with E-state index >= 15 is 0 Å². The second-order valence-electron chi connectivity index (χ2n) is 6.28. The zero-order chi connectivity index (χ0) is 14.2. The Balaban J connectivity index is 1.38. The predicted octanol–water partition coefficient (Wildman–Crippen LogP) is 3.37. The van der Waals surface area contributed by atoms with Crippen LogP contribution in [0.15, 0.2) is 16.7 Å². The Kier molecular flexibility index (Phi) is 3.55. The average Bonchev–Trinajstić information content (AvgIpc) is 3.12. The number of hydrogen-bond donors (Lipinski definition) is 0. The van der Waals surface area contributed by atoms with Crippen LogP contribution < -0.4 is 0 Å².